The molecule has 0 fully saturated rings. The number of rotatable bonds is 7. The molecule has 0 aliphatic carbocycles. The van der Waals surface area contributed by atoms with Crippen LogP contribution in [0.1, 0.15) is 39.0 Å². The molecule has 96 valence electrons. The summed E-state index contributed by atoms with van der Waals surface area (Å²) < 4.78 is 0.659. The fourth-order valence-corrected chi connectivity index (χ4v) is 2.23. The van der Waals surface area contributed by atoms with Crippen LogP contribution in [-0.2, 0) is 0 Å². The van der Waals surface area contributed by atoms with Crippen molar-refractivity contribution in [3.05, 3.63) is 30.3 Å². The van der Waals surface area contributed by atoms with Gasteiger partial charge in [0.15, 0.2) is 0 Å². The van der Waals surface area contributed by atoms with E-state index in [0.717, 1.165) is 12.2 Å². The summed E-state index contributed by atoms with van der Waals surface area (Å²) in [4.78, 5) is 2.10. The molecule has 1 aromatic rings. The van der Waals surface area contributed by atoms with E-state index in [1.165, 1.54) is 32.1 Å². The molecule has 0 aliphatic rings. The largest absolute Gasteiger partial charge is 0.328 e. The van der Waals surface area contributed by atoms with Gasteiger partial charge in [-0.25, -0.2) is 0 Å². The van der Waals surface area contributed by atoms with Gasteiger partial charge in [0.25, 0.3) is 0 Å². The van der Waals surface area contributed by atoms with E-state index in [1.54, 1.807) is 0 Å². The van der Waals surface area contributed by atoms with Gasteiger partial charge >= 0.3 is 0 Å². The standard InChI is InChI=1S/C14H21NS2.Ba/c1-2-3-4-5-9-12-15(14(16)17)13-10-7-6-8-11-13;/h6-8,10-11H,2-5,9,12H2,1H3,(H,16,17);. The second kappa shape index (κ2) is 11.8. The Morgan fingerprint density at radius 3 is 2.28 bits per heavy atom. The molecule has 0 spiro atoms. The first kappa shape index (κ1) is 19.0. The number of unbranched alkanes of at least 4 members (excludes halogenated alkanes) is 4. The molecule has 0 amide bonds. The minimum atomic E-state index is 0. The fourth-order valence-electron chi connectivity index (χ4n) is 1.82. The third-order valence-corrected chi connectivity index (χ3v) is 3.25. The topological polar surface area (TPSA) is 3.24 Å². The number of hydrogen-bond acceptors (Lipinski definition) is 1. The Labute approximate surface area is 162 Å². The van der Waals surface area contributed by atoms with Gasteiger partial charge in [-0.05, 0) is 18.6 Å². The van der Waals surface area contributed by atoms with Crippen LogP contribution in [0.25, 0.3) is 0 Å². The van der Waals surface area contributed by atoms with Gasteiger partial charge in [0.2, 0.25) is 0 Å². The minimum Gasteiger partial charge on any atom is -0.328 e. The molecular weight excluding hydrogens is 384 g/mol. The molecule has 1 aromatic carbocycles. The summed E-state index contributed by atoms with van der Waals surface area (Å²) >= 11 is 9.50. The molecule has 0 bridgehead atoms. The van der Waals surface area contributed by atoms with Crippen molar-refractivity contribution in [3.8, 4) is 0 Å². The number of thiol groups is 1. The molecule has 18 heavy (non-hydrogen) atoms. The van der Waals surface area contributed by atoms with E-state index in [1.807, 2.05) is 18.2 Å². The Bertz CT molecular complexity index is 330. The molecule has 0 saturated heterocycles. The first-order valence-electron chi connectivity index (χ1n) is 6.31. The van der Waals surface area contributed by atoms with Crippen LogP contribution >= 0.6 is 24.8 Å². The Morgan fingerprint density at radius 1 is 1.11 bits per heavy atom. The zero-order valence-corrected chi connectivity index (χ0v) is 17.3. The van der Waals surface area contributed by atoms with Crippen LogP contribution in [0.3, 0.4) is 0 Å². The van der Waals surface area contributed by atoms with E-state index in [-0.39, 0.29) is 48.9 Å². The van der Waals surface area contributed by atoms with E-state index in [9.17, 15) is 0 Å². The zero-order chi connectivity index (χ0) is 12.5. The average molecular weight is 405 g/mol. The number of anilines is 1. The Balaban J connectivity index is 0.00000289. The molecule has 4 heteroatoms. The van der Waals surface area contributed by atoms with Crippen molar-refractivity contribution in [2.24, 2.45) is 0 Å². The van der Waals surface area contributed by atoms with Crippen molar-refractivity contribution >= 4 is 83.7 Å². The Morgan fingerprint density at radius 2 is 1.72 bits per heavy atom. The van der Waals surface area contributed by atoms with Crippen LogP contribution in [0.15, 0.2) is 30.3 Å². The van der Waals surface area contributed by atoms with Crippen molar-refractivity contribution in [3.63, 3.8) is 0 Å². The molecule has 1 nitrogen and oxygen atoms in total. The normalized spacial score (nSPS) is 9.67. The van der Waals surface area contributed by atoms with E-state index >= 15 is 0 Å². The summed E-state index contributed by atoms with van der Waals surface area (Å²) in [6.45, 7) is 3.20. The van der Waals surface area contributed by atoms with E-state index in [2.05, 4.69) is 36.6 Å². The minimum absolute atomic E-state index is 0. The second-order valence-electron chi connectivity index (χ2n) is 4.18. The molecule has 0 saturated carbocycles. The fraction of sp³-hybridized carbons (Fsp3) is 0.500. The summed E-state index contributed by atoms with van der Waals surface area (Å²) in [7, 11) is 0. The van der Waals surface area contributed by atoms with Crippen LogP contribution in [-0.4, -0.2) is 59.7 Å². The molecular formula is C14H21BaNS2. The molecule has 0 atom stereocenters. The van der Waals surface area contributed by atoms with Gasteiger partial charge in [-0.3, -0.25) is 0 Å². The van der Waals surface area contributed by atoms with Gasteiger partial charge in [0.05, 0.1) is 0 Å². The smallest absolute Gasteiger partial charge is 0.137 e. The van der Waals surface area contributed by atoms with Gasteiger partial charge in [-0.2, -0.15) is 0 Å². The maximum absolute atomic E-state index is 5.19. The number of nitrogens with zero attached hydrogens (tertiary/aromatic N) is 1. The first-order valence-corrected chi connectivity index (χ1v) is 7.16. The summed E-state index contributed by atoms with van der Waals surface area (Å²) in [5.74, 6) is 0. The van der Waals surface area contributed by atoms with Crippen LogP contribution in [0, 0.1) is 0 Å². The van der Waals surface area contributed by atoms with Gasteiger partial charge in [0.1, 0.15) is 4.32 Å². The molecule has 0 aromatic heterocycles. The predicted molar refractivity (Wildman–Crippen MR) is 89.9 cm³/mol. The van der Waals surface area contributed by atoms with E-state index < -0.39 is 0 Å². The van der Waals surface area contributed by atoms with Crippen LogP contribution in [0.4, 0.5) is 5.69 Å². The third kappa shape index (κ3) is 7.58. The van der Waals surface area contributed by atoms with Crippen molar-refractivity contribution in [1.82, 2.24) is 0 Å². The Hall–Kier alpha value is 1.03. The number of hydrogen-bond donors (Lipinski definition) is 1. The first-order chi connectivity index (χ1) is 8.25. The van der Waals surface area contributed by atoms with Gasteiger partial charge in [-0.1, -0.05) is 63.0 Å². The van der Waals surface area contributed by atoms with Crippen molar-refractivity contribution in [1.29, 1.82) is 0 Å². The average Bonchev–Trinajstić information content (AvgIpc) is 2.34. The van der Waals surface area contributed by atoms with E-state index in [4.69, 9.17) is 12.2 Å². The van der Waals surface area contributed by atoms with Gasteiger partial charge in [0, 0.05) is 61.1 Å². The molecule has 0 aliphatic heterocycles. The van der Waals surface area contributed by atoms with Gasteiger partial charge in [-0.15, -0.1) is 12.6 Å². The molecule has 1 rings (SSSR count). The molecule has 0 heterocycles. The summed E-state index contributed by atoms with van der Waals surface area (Å²) in [6, 6.07) is 10.2. The van der Waals surface area contributed by atoms with Crippen LogP contribution in [0.2, 0.25) is 0 Å². The second-order valence-corrected chi connectivity index (χ2v) is 5.30. The summed E-state index contributed by atoms with van der Waals surface area (Å²) in [6.07, 6.45) is 6.38. The molecule has 0 unspecified atom stereocenters. The van der Waals surface area contributed by atoms with Crippen LogP contribution in [0.5, 0.6) is 0 Å². The monoisotopic (exact) mass is 405 g/mol. The van der Waals surface area contributed by atoms with Crippen molar-refractivity contribution < 1.29 is 0 Å². The Kier molecular flexibility index (Phi) is 12.5. The SMILES string of the molecule is CCCCCCCN(C(=S)S)c1ccccc1.[Ba]. The molecule has 0 N–H and O–H groups in total. The number of benzene rings is 1. The van der Waals surface area contributed by atoms with Crippen molar-refractivity contribution in [2.45, 2.75) is 39.0 Å². The summed E-state index contributed by atoms with van der Waals surface area (Å²) in [5, 5.41) is 0. The number of thiocarbonyl (C=S) groups is 1. The van der Waals surface area contributed by atoms with Crippen molar-refractivity contribution in [2.75, 3.05) is 11.4 Å². The third-order valence-electron chi connectivity index (χ3n) is 2.78. The summed E-state index contributed by atoms with van der Waals surface area (Å²) in [5.41, 5.74) is 1.14. The maximum atomic E-state index is 5.19. The van der Waals surface area contributed by atoms with Gasteiger partial charge < -0.3 is 4.90 Å². The zero-order valence-electron chi connectivity index (χ0n) is 11.1. The predicted octanol–water partition coefficient (Wildman–Crippen LogP) is 4.30. The quantitative estimate of drug-likeness (QED) is 0.312. The van der Waals surface area contributed by atoms with Crippen LogP contribution < -0.4 is 4.90 Å². The maximum Gasteiger partial charge on any atom is 0.137 e. The van der Waals surface area contributed by atoms with E-state index in [0.29, 0.717) is 4.32 Å². The number of para-hydroxylation sites is 1. The molecule has 2 radical (unpaired) electrons.